The lowest BCUT2D eigenvalue weighted by molar-refractivity contribution is 0.247. The highest BCUT2D eigenvalue weighted by Crippen LogP contribution is 2.16. The van der Waals surface area contributed by atoms with Gasteiger partial charge < -0.3 is 9.30 Å². The number of aromatic nitrogens is 4. The molecule has 0 aliphatic carbocycles. The number of anilines is 1. The van der Waals surface area contributed by atoms with Crippen LogP contribution in [0.5, 0.6) is 0 Å². The van der Waals surface area contributed by atoms with Crippen LogP contribution in [0.3, 0.4) is 0 Å². The van der Waals surface area contributed by atoms with Crippen LogP contribution in [0.1, 0.15) is 5.69 Å². The quantitative estimate of drug-likeness (QED) is 0.737. The van der Waals surface area contributed by atoms with Crippen LogP contribution in [-0.4, -0.2) is 50.4 Å². The van der Waals surface area contributed by atoms with E-state index < -0.39 is 0 Å². The van der Waals surface area contributed by atoms with E-state index in [9.17, 15) is 0 Å². The lowest BCUT2D eigenvalue weighted by atomic mass is 10.3. The summed E-state index contributed by atoms with van der Waals surface area (Å²) in [5.74, 6) is 0.852. The van der Waals surface area contributed by atoms with Crippen molar-refractivity contribution in [3.63, 3.8) is 0 Å². The molecule has 0 aromatic carbocycles. The molecule has 0 amide bonds. The number of piperazine rings is 1. The predicted molar refractivity (Wildman–Crippen MR) is 89.7 cm³/mol. The predicted octanol–water partition coefficient (Wildman–Crippen LogP) is 2.10. The second-order valence-corrected chi connectivity index (χ2v) is 6.05. The maximum atomic E-state index is 5.92. The molecule has 118 valence electrons. The molecule has 0 bridgehead atoms. The highest BCUT2D eigenvalue weighted by molar-refractivity contribution is 6.29. The van der Waals surface area contributed by atoms with E-state index in [1.54, 1.807) is 12.4 Å². The minimum absolute atomic E-state index is 0.439. The van der Waals surface area contributed by atoms with Crippen LogP contribution in [0, 0.1) is 0 Å². The van der Waals surface area contributed by atoms with E-state index in [2.05, 4.69) is 35.3 Å². The van der Waals surface area contributed by atoms with Crippen molar-refractivity contribution in [3.05, 3.63) is 53.8 Å². The average Bonchev–Trinajstić information content (AvgIpc) is 2.98. The fraction of sp³-hybridized carbons (Fsp3) is 0.312. The van der Waals surface area contributed by atoms with Crippen LogP contribution in [0.2, 0.25) is 5.15 Å². The zero-order valence-electron chi connectivity index (χ0n) is 12.6. The molecule has 0 N–H and O–H groups in total. The standard InChI is InChI=1S/C16H17ClN6/c17-14-9-18-10-16(20-14)22-7-5-21(6-8-22)11-13-12-23-4-2-1-3-15(23)19-13/h1-4,9-10,12H,5-8,11H2. The molecule has 0 saturated carbocycles. The third kappa shape index (κ3) is 3.13. The lowest BCUT2D eigenvalue weighted by Gasteiger charge is -2.34. The summed E-state index contributed by atoms with van der Waals surface area (Å²) >= 11 is 5.92. The number of rotatable bonds is 3. The van der Waals surface area contributed by atoms with Crippen molar-refractivity contribution in [2.75, 3.05) is 31.1 Å². The number of halogens is 1. The number of nitrogens with zero attached hydrogens (tertiary/aromatic N) is 6. The van der Waals surface area contributed by atoms with Crippen LogP contribution < -0.4 is 4.90 Å². The zero-order valence-corrected chi connectivity index (χ0v) is 13.4. The maximum Gasteiger partial charge on any atom is 0.149 e. The van der Waals surface area contributed by atoms with Gasteiger partial charge in [0.2, 0.25) is 0 Å². The molecule has 4 rings (SSSR count). The Bertz CT molecular complexity index is 776. The number of fused-ring (bicyclic) bond motifs is 1. The first-order valence-electron chi connectivity index (χ1n) is 7.65. The van der Waals surface area contributed by atoms with Gasteiger partial charge in [-0.1, -0.05) is 17.7 Å². The Labute approximate surface area is 139 Å². The molecule has 3 aromatic heterocycles. The monoisotopic (exact) mass is 328 g/mol. The van der Waals surface area contributed by atoms with Gasteiger partial charge in [0, 0.05) is 45.1 Å². The summed E-state index contributed by atoms with van der Waals surface area (Å²) in [4.78, 5) is 17.7. The minimum Gasteiger partial charge on any atom is -0.353 e. The highest BCUT2D eigenvalue weighted by atomic mass is 35.5. The van der Waals surface area contributed by atoms with Gasteiger partial charge in [-0.25, -0.2) is 9.97 Å². The molecule has 0 unspecified atom stereocenters. The Balaban J connectivity index is 1.39. The van der Waals surface area contributed by atoms with Gasteiger partial charge in [-0.05, 0) is 12.1 Å². The Hall–Kier alpha value is -2.18. The van der Waals surface area contributed by atoms with Gasteiger partial charge in [-0.2, -0.15) is 0 Å². The van der Waals surface area contributed by atoms with Crippen LogP contribution >= 0.6 is 11.6 Å². The van der Waals surface area contributed by atoms with Gasteiger partial charge >= 0.3 is 0 Å². The number of hydrogen-bond acceptors (Lipinski definition) is 5. The van der Waals surface area contributed by atoms with Gasteiger partial charge in [0.15, 0.2) is 0 Å². The molecule has 4 heterocycles. The van der Waals surface area contributed by atoms with Crippen molar-refractivity contribution >= 4 is 23.1 Å². The molecule has 23 heavy (non-hydrogen) atoms. The topological polar surface area (TPSA) is 49.6 Å². The molecule has 6 nitrogen and oxygen atoms in total. The maximum absolute atomic E-state index is 5.92. The Morgan fingerprint density at radius 3 is 2.70 bits per heavy atom. The van der Waals surface area contributed by atoms with Crippen molar-refractivity contribution in [2.24, 2.45) is 0 Å². The van der Waals surface area contributed by atoms with Gasteiger partial charge in [-0.3, -0.25) is 9.88 Å². The third-order valence-electron chi connectivity index (χ3n) is 4.09. The van der Waals surface area contributed by atoms with Gasteiger partial charge in [0.25, 0.3) is 0 Å². The molecule has 1 saturated heterocycles. The molecular weight excluding hydrogens is 312 g/mol. The highest BCUT2D eigenvalue weighted by Gasteiger charge is 2.19. The van der Waals surface area contributed by atoms with Gasteiger partial charge in [0.1, 0.15) is 16.6 Å². The van der Waals surface area contributed by atoms with Crippen molar-refractivity contribution in [3.8, 4) is 0 Å². The van der Waals surface area contributed by atoms with E-state index in [-0.39, 0.29) is 0 Å². The largest absolute Gasteiger partial charge is 0.353 e. The van der Waals surface area contributed by atoms with E-state index in [0.29, 0.717) is 5.15 Å². The van der Waals surface area contributed by atoms with Crippen LogP contribution in [0.15, 0.2) is 43.0 Å². The molecule has 0 spiro atoms. The Kier molecular flexibility index (Phi) is 3.85. The molecule has 1 aliphatic rings. The first-order chi connectivity index (χ1) is 11.3. The molecular formula is C16H17ClN6. The second-order valence-electron chi connectivity index (χ2n) is 5.66. The lowest BCUT2D eigenvalue weighted by Crippen LogP contribution is -2.46. The fourth-order valence-electron chi connectivity index (χ4n) is 2.91. The average molecular weight is 329 g/mol. The normalized spacial score (nSPS) is 16.1. The van der Waals surface area contributed by atoms with Crippen LogP contribution in [-0.2, 0) is 6.54 Å². The van der Waals surface area contributed by atoms with Crippen molar-refractivity contribution in [1.82, 2.24) is 24.3 Å². The summed E-state index contributed by atoms with van der Waals surface area (Å²) in [6, 6.07) is 6.05. The molecule has 1 aliphatic heterocycles. The van der Waals surface area contributed by atoms with Crippen molar-refractivity contribution < 1.29 is 0 Å². The van der Waals surface area contributed by atoms with Crippen molar-refractivity contribution in [1.29, 1.82) is 0 Å². The van der Waals surface area contributed by atoms with E-state index in [0.717, 1.165) is 49.9 Å². The third-order valence-corrected chi connectivity index (χ3v) is 4.27. The summed E-state index contributed by atoms with van der Waals surface area (Å²) in [5.41, 5.74) is 2.10. The first kappa shape index (κ1) is 14.4. The Morgan fingerprint density at radius 2 is 1.91 bits per heavy atom. The summed E-state index contributed by atoms with van der Waals surface area (Å²) < 4.78 is 2.06. The van der Waals surface area contributed by atoms with E-state index >= 15 is 0 Å². The van der Waals surface area contributed by atoms with Crippen LogP contribution in [0.4, 0.5) is 5.82 Å². The van der Waals surface area contributed by atoms with E-state index in [1.165, 1.54) is 0 Å². The molecule has 0 radical (unpaired) electrons. The van der Waals surface area contributed by atoms with E-state index in [1.807, 2.05) is 24.4 Å². The molecule has 3 aromatic rings. The van der Waals surface area contributed by atoms with E-state index in [4.69, 9.17) is 11.6 Å². The summed E-state index contributed by atoms with van der Waals surface area (Å²) in [6.45, 7) is 4.66. The smallest absolute Gasteiger partial charge is 0.149 e. The number of hydrogen-bond donors (Lipinski definition) is 0. The Morgan fingerprint density at radius 1 is 1.04 bits per heavy atom. The van der Waals surface area contributed by atoms with Gasteiger partial charge in [0.05, 0.1) is 18.1 Å². The summed E-state index contributed by atoms with van der Waals surface area (Å²) in [5, 5.41) is 0.439. The van der Waals surface area contributed by atoms with Gasteiger partial charge in [-0.15, -0.1) is 0 Å². The molecule has 1 fully saturated rings. The SMILES string of the molecule is Clc1cncc(N2CCN(Cc3cn4ccccc4n3)CC2)n1. The summed E-state index contributed by atoms with van der Waals surface area (Å²) in [6.07, 6.45) is 7.46. The van der Waals surface area contributed by atoms with Crippen molar-refractivity contribution in [2.45, 2.75) is 6.54 Å². The fourth-order valence-corrected chi connectivity index (χ4v) is 3.06. The number of pyridine rings is 1. The molecule has 7 heteroatoms. The minimum atomic E-state index is 0.439. The number of imidazole rings is 1. The molecule has 0 atom stereocenters. The summed E-state index contributed by atoms with van der Waals surface area (Å²) in [7, 11) is 0. The van der Waals surface area contributed by atoms with Crippen LogP contribution in [0.25, 0.3) is 5.65 Å². The second kappa shape index (κ2) is 6.14. The zero-order chi connectivity index (χ0) is 15.6. The first-order valence-corrected chi connectivity index (χ1v) is 8.03.